The summed E-state index contributed by atoms with van der Waals surface area (Å²) in [5.74, 6) is 0. The zero-order chi connectivity index (χ0) is 24.2. The van der Waals surface area contributed by atoms with Gasteiger partial charge in [-0.3, -0.25) is 0 Å². The summed E-state index contributed by atoms with van der Waals surface area (Å²) in [5.41, 5.74) is 9.61. The fourth-order valence-corrected chi connectivity index (χ4v) is 6.51. The van der Waals surface area contributed by atoms with Gasteiger partial charge < -0.3 is 4.57 Å². The zero-order valence-corrected chi connectivity index (χ0v) is 19.9. The smallest absolute Gasteiger partial charge is 0.270 e. The molecule has 0 aliphatic heterocycles. The SMILES string of the molecule is [C-]#[N+]/C(C#N)=C1/c2ccccc2-c2cc(-c3cc4c(s3)c3ccccc3n4-c3ccccc3)ccc21. The highest BCUT2D eigenvalue weighted by Gasteiger charge is 2.27. The number of nitrogens with zero attached hydrogens (tertiary/aromatic N) is 3. The standard InChI is InChI=1S/C32H17N3S/c1-34-27(19-33)31-23-12-6-5-11-22(23)26-17-20(15-16-24(26)31)30-18-29-32(36-30)25-13-7-8-14-28(25)35(29)21-9-3-2-4-10-21/h2-18H/b31-27-. The summed E-state index contributed by atoms with van der Waals surface area (Å²) in [6, 6.07) is 37.9. The molecule has 0 radical (unpaired) electrons. The molecular weight excluding hydrogens is 458 g/mol. The van der Waals surface area contributed by atoms with E-state index in [0.29, 0.717) is 0 Å². The Hall–Kier alpha value is -4.90. The third-order valence-corrected chi connectivity index (χ3v) is 8.08. The molecular formula is C32H17N3S. The molecule has 1 aliphatic carbocycles. The Balaban J connectivity index is 1.46. The van der Waals surface area contributed by atoms with Crippen LogP contribution < -0.4 is 0 Å². The first-order chi connectivity index (χ1) is 17.8. The molecule has 0 spiro atoms. The lowest BCUT2D eigenvalue weighted by molar-refractivity contribution is 1.18. The summed E-state index contributed by atoms with van der Waals surface area (Å²) >= 11 is 1.80. The molecule has 3 nitrogen and oxygen atoms in total. The largest absolute Gasteiger partial charge is 0.308 e. The third kappa shape index (κ3) is 2.83. The van der Waals surface area contributed by atoms with Gasteiger partial charge in [-0.05, 0) is 58.1 Å². The van der Waals surface area contributed by atoms with Crippen LogP contribution in [0.5, 0.6) is 0 Å². The third-order valence-electron chi connectivity index (χ3n) is 6.87. The molecule has 0 saturated carbocycles. The lowest BCUT2D eigenvalue weighted by atomic mass is 10.0. The predicted octanol–water partition coefficient (Wildman–Crippen LogP) is 8.69. The number of thiophene rings is 1. The van der Waals surface area contributed by atoms with Crippen molar-refractivity contribution in [2.75, 3.05) is 0 Å². The summed E-state index contributed by atoms with van der Waals surface area (Å²) in [4.78, 5) is 4.72. The Kier molecular flexibility index (Phi) is 4.45. The number of para-hydroxylation sites is 2. The molecule has 36 heavy (non-hydrogen) atoms. The summed E-state index contributed by atoms with van der Waals surface area (Å²) < 4.78 is 3.61. The van der Waals surface area contributed by atoms with E-state index in [1.807, 2.05) is 24.3 Å². The first-order valence-corrected chi connectivity index (χ1v) is 12.4. The van der Waals surface area contributed by atoms with Crippen molar-refractivity contribution >= 4 is 38.0 Å². The van der Waals surface area contributed by atoms with Gasteiger partial charge in [-0.25, -0.2) is 10.1 Å². The molecule has 4 aromatic carbocycles. The first kappa shape index (κ1) is 20.5. The maximum absolute atomic E-state index is 9.61. The van der Waals surface area contributed by atoms with Gasteiger partial charge >= 0.3 is 0 Å². The summed E-state index contributed by atoms with van der Waals surface area (Å²) in [6.45, 7) is 7.53. The van der Waals surface area contributed by atoms with E-state index in [1.54, 1.807) is 11.3 Å². The molecule has 0 unspecified atom stereocenters. The quantitative estimate of drug-likeness (QED) is 0.182. The van der Waals surface area contributed by atoms with Crippen LogP contribution in [0.2, 0.25) is 0 Å². The lowest BCUT2D eigenvalue weighted by Gasteiger charge is -2.07. The Bertz CT molecular complexity index is 1940. The van der Waals surface area contributed by atoms with E-state index < -0.39 is 0 Å². The summed E-state index contributed by atoms with van der Waals surface area (Å²) in [7, 11) is 0. The highest BCUT2D eigenvalue weighted by molar-refractivity contribution is 7.23. The number of benzene rings is 4. The van der Waals surface area contributed by atoms with Gasteiger partial charge in [0.25, 0.3) is 5.70 Å². The molecule has 0 atom stereocenters. The van der Waals surface area contributed by atoms with E-state index in [1.165, 1.54) is 26.0 Å². The van der Waals surface area contributed by atoms with Crippen molar-refractivity contribution in [3.63, 3.8) is 0 Å². The van der Waals surface area contributed by atoms with Crippen LogP contribution in [0.4, 0.5) is 0 Å². The van der Waals surface area contributed by atoms with Crippen LogP contribution in [0, 0.1) is 17.9 Å². The van der Waals surface area contributed by atoms with Crippen LogP contribution in [0.15, 0.2) is 109 Å². The first-order valence-electron chi connectivity index (χ1n) is 11.6. The number of hydrogen-bond acceptors (Lipinski definition) is 2. The second kappa shape index (κ2) is 7.82. The van der Waals surface area contributed by atoms with Gasteiger partial charge in [0.05, 0.1) is 28.4 Å². The van der Waals surface area contributed by atoms with E-state index in [2.05, 4.69) is 94.3 Å². The fraction of sp³-hybridized carbons (Fsp3) is 0. The number of allylic oxidation sites excluding steroid dienone is 1. The monoisotopic (exact) mass is 475 g/mol. The van der Waals surface area contributed by atoms with Crippen LogP contribution in [0.25, 0.3) is 58.8 Å². The highest BCUT2D eigenvalue weighted by atomic mass is 32.1. The van der Waals surface area contributed by atoms with Crippen LogP contribution >= 0.6 is 11.3 Å². The lowest BCUT2D eigenvalue weighted by Crippen LogP contribution is -1.92. The average molecular weight is 476 g/mol. The minimum absolute atomic E-state index is 0.138. The van der Waals surface area contributed by atoms with Crippen molar-refractivity contribution in [1.29, 1.82) is 5.26 Å². The Morgan fingerprint density at radius 1 is 0.750 bits per heavy atom. The highest BCUT2D eigenvalue weighted by Crippen LogP contribution is 2.48. The zero-order valence-electron chi connectivity index (χ0n) is 19.1. The summed E-state index contributed by atoms with van der Waals surface area (Å²) in [6.07, 6.45) is 0. The molecule has 7 rings (SSSR count). The number of hydrogen-bond donors (Lipinski definition) is 0. The second-order valence-corrected chi connectivity index (χ2v) is 9.82. The van der Waals surface area contributed by atoms with E-state index in [4.69, 9.17) is 6.57 Å². The topological polar surface area (TPSA) is 33.1 Å². The van der Waals surface area contributed by atoms with E-state index in [9.17, 15) is 5.26 Å². The minimum atomic E-state index is 0.138. The van der Waals surface area contributed by atoms with E-state index in [0.717, 1.165) is 39.1 Å². The maximum Gasteiger partial charge on any atom is 0.270 e. The Morgan fingerprint density at radius 3 is 2.28 bits per heavy atom. The van der Waals surface area contributed by atoms with Crippen LogP contribution in [-0.2, 0) is 0 Å². The molecule has 0 amide bonds. The molecule has 6 aromatic rings. The van der Waals surface area contributed by atoms with Crippen LogP contribution in [-0.4, -0.2) is 4.57 Å². The van der Waals surface area contributed by atoms with Crippen LogP contribution in [0.3, 0.4) is 0 Å². The molecule has 2 heterocycles. The second-order valence-electron chi connectivity index (χ2n) is 8.77. The molecule has 0 bridgehead atoms. The number of nitriles is 1. The molecule has 4 heteroatoms. The van der Waals surface area contributed by atoms with Crippen molar-refractivity contribution in [2.24, 2.45) is 0 Å². The maximum atomic E-state index is 9.61. The fourth-order valence-electron chi connectivity index (χ4n) is 5.34. The Morgan fingerprint density at radius 2 is 1.47 bits per heavy atom. The molecule has 0 fully saturated rings. The van der Waals surface area contributed by atoms with Crippen molar-refractivity contribution in [3.05, 3.63) is 131 Å². The van der Waals surface area contributed by atoms with Crippen molar-refractivity contribution in [3.8, 4) is 33.3 Å². The minimum Gasteiger partial charge on any atom is -0.308 e. The normalized spacial score (nSPS) is 13.3. The van der Waals surface area contributed by atoms with Gasteiger partial charge in [0.1, 0.15) is 0 Å². The van der Waals surface area contributed by atoms with Crippen LogP contribution in [0.1, 0.15) is 11.1 Å². The number of aromatic nitrogens is 1. The van der Waals surface area contributed by atoms with E-state index in [-0.39, 0.29) is 5.70 Å². The number of fused-ring (bicyclic) bond motifs is 6. The van der Waals surface area contributed by atoms with Gasteiger partial charge in [-0.15, -0.1) is 11.3 Å². The summed E-state index contributed by atoms with van der Waals surface area (Å²) in [5, 5.41) is 10.9. The van der Waals surface area contributed by atoms with Gasteiger partial charge in [0.15, 0.2) is 0 Å². The predicted molar refractivity (Wildman–Crippen MR) is 148 cm³/mol. The molecule has 0 saturated heterocycles. The molecule has 166 valence electrons. The van der Waals surface area contributed by atoms with Crippen molar-refractivity contribution < 1.29 is 0 Å². The van der Waals surface area contributed by atoms with Gasteiger partial charge in [-0.2, -0.15) is 0 Å². The van der Waals surface area contributed by atoms with Gasteiger partial charge in [0, 0.05) is 21.5 Å². The number of rotatable bonds is 2. The van der Waals surface area contributed by atoms with E-state index >= 15 is 0 Å². The average Bonchev–Trinajstić information content (AvgIpc) is 3.59. The molecule has 1 aliphatic rings. The Labute approximate surface area is 212 Å². The van der Waals surface area contributed by atoms with Gasteiger partial charge in [0.2, 0.25) is 0 Å². The molecule has 0 N–H and O–H groups in total. The molecule has 2 aromatic heterocycles. The van der Waals surface area contributed by atoms with Gasteiger partial charge in [-0.1, -0.05) is 72.8 Å². The van der Waals surface area contributed by atoms with Crippen molar-refractivity contribution in [2.45, 2.75) is 0 Å². The van der Waals surface area contributed by atoms with Crippen molar-refractivity contribution in [1.82, 2.24) is 4.57 Å².